The monoisotopic (exact) mass is 208 g/mol. The summed E-state index contributed by atoms with van der Waals surface area (Å²) in [7, 11) is 0. The van der Waals surface area contributed by atoms with Gasteiger partial charge in [0.25, 0.3) is 0 Å². The van der Waals surface area contributed by atoms with E-state index < -0.39 is 11.6 Å². The molecular weight excluding hydrogens is 196 g/mol. The molecule has 80 valence electrons. The van der Waals surface area contributed by atoms with Crippen molar-refractivity contribution in [3.05, 3.63) is 29.3 Å². The molecule has 1 aromatic carbocycles. The van der Waals surface area contributed by atoms with Crippen LogP contribution in [-0.2, 0) is 16.8 Å². The van der Waals surface area contributed by atoms with E-state index in [9.17, 15) is 15.0 Å². The van der Waals surface area contributed by atoms with E-state index in [1.165, 1.54) is 12.1 Å². The number of aliphatic hydroxyl groups is 1. The second-order valence-corrected chi connectivity index (χ2v) is 3.86. The molecule has 4 nitrogen and oxygen atoms in total. The summed E-state index contributed by atoms with van der Waals surface area (Å²) >= 11 is 0. The molecule has 0 aliphatic heterocycles. The first-order valence-corrected chi connectivity index (χ1v) is 4.82. The highest BCUT2D eigenvalue weighted by Gasteiger charge is 2.41. The summed E-state index contributed by atoms with van der Waals surface area (Å²) in [5, 5.41) is 28.3. The van der Waals surface area contributed by atoms with E-state index in [1.807, 2.05) is 0 Å². The van der Waals surface area contributed by atoms with Gasteiger partial charge in [-0.05, 0) is 37.0 Å². The minimum Gasteiger partial charge on any atom is -0.508 e. The smallest absolute Gasteiger partial charge is 0.340 e. The summed E-state index contributed by atoms with van der Waals surface area (Å²) in [4.78, 5) is 11.0. The van der Waals surface area contributed by atoms with Gasteiger partial charge in [0.05, 0.1) is 0 Å². The van der Waals surface area contributed by atoms with Crippen LogP contribution < -0.4 is 0 Å². The Morgan fingerprint density at radius 3 is 2.80 bits per heavy atom. The molecule has 1 aliphatic carbocycles. The van der Waals surface area contributed by atoms with Crippen molar-refractivity contribution in [1.82, 2.24) is 0 Å². The second-order valence-electron chi connectivity index (χ2n) is 3.86. The van der Waals surface area contributed by atoms with E-state index in [2.05, 4.69) is 0 Å². The maximum Gasteiger partial charge on any atom is 0.340 e. The van der Waals surface area contributed by atoms with Crippen molar-refractivity contribution in [2.45, 2.75) is 24.9 Å². The van der Waals surface area contributed by atoms with Crippen LogP contribution in [0.5, 0.6) is 5.75 Å². The van der Waals surface area contributed by atoms with Gasteiger partial charge in [-0.15, -0.1) is 0 Å². The van der Waals surface area contributed by atoms with Gasteiger partial charge in [-0.2, -0.15) is 0 Å². The van der Waals surface area contributed by atoms with Crippen LogP contribution in [0.3, 0.4) is 0 Å². The molecule has 0 saturated carbocycles. The third kappa shape index (κ3) is 1.47. The standard InChI is InChI=1S/C11H12O4/c12-8-4-3-7-2-1-5-11(15,10(13)14)9(7)6-8/h3-4,6,12,15H,1-2,5H2,(H,13,14). The van der Waals surface area contributed by atoms with Crippen LogP contribution in [0.25, 0.3) is 0 Å². The van der Waals surface area contributed by atoms with Crippen LogP contribution in [0, 0.1) is 0 Å². The molecule has 0 aromatic heterocycles. The molecule has 1 unspecified atom stereocenters. The fourth-order valence-electron chi connectivity index (χ4n) is 2.06. The van der Waals surface area contributed by atoms with Crippen molar-refractivity contribution in [3.63, 3.8) is 0 Å². The number of aromatic hydroxyl groups is 1. The van der Waals surface area contributed by atoms with Crippen molar-refractivity contribution in [2.24, 2.45) is 0 Å². The molecule has 0 fully saturated rings. The molecular formula is C11H12O4. The van der Waals surface area contributed by atoms with E-state index >= 15 is 0 Å². The number of fused-ring (bicyclic) bond motifs is 1. The van der Waals surface area contributed by atoms with Gasteiger partial charge in [0, 0.05) is 5.56 Å². The van der Waals surface area contributed by atoms with Crippen molar-refractivity contribution >= 4 is 5.97 Å². The lowest BCUT2D eigenvalue weighted by atomic mass is 9.79. The van der Waals surface area contributed by atoms with Crippen molar-refractivity contribution in [3.8, 4) is 5.75 Å². The average molecular weight is 208 g/mol. The first-order chi connectivity index (χ1) is 7.04. The third-order valence-electron chi connectivity index (χ3n) is 2.88. The summed E-state index contributed by atoms with van der Waals surface area (Å²) < 4.78 is 0. The minimum absolute atomic E-state index is 0.0182. The largest absolute Gasteiger partial charge is 0.508 e. The van der Waals surface area contributed by atoms with Crippen molar-refractivity contribution < 1.29 is 20.1 Å². The van der Waals surface area contributed by atoms with E-state index in [-0.39, 0.29) is 12.2 Å². The van der Waals surface area contributed by atoms with Gasteiger partial charge in [-0.1, -0.05) is 6.07 Å². The molecule has 1 aliphatic rings. The van der Waals surface area contributed by atoms with Gasteiger partial charge in [-0.25, -0.2) is 4.79 Å². The predicted molar refractivity (Wildman–Crippen MR) is 52.6 cm³/mol. The number of hydrogen-bond donors (Lipinski definition) is 3. The molecule has 0 saturated heterocycles. The molecule has 3 N–H and O–H groups in total. The van der Waals surface area contributed by atoms with E-state index in [4.69, 9.17) is 5.11 Å². The molecule has 1 aromatic rings. The number of aliphatic carboxylic acids is 1. The minimum atomic E-state index is -1.84. The maximum atomic E-state index is 11.0. The lowest BCUT2D eigenvalue weighted by molar-refractivity contribution is -0.161. The number of carbonyl (C=O) groups is 1. The Kier molecular flexibility index (Phi) is 2.16. The lowest BCUT2D eigenvalue weighted by Crippen LogP contribution is -2.38. The summed E-state index contributed by atoms with van der Waals surface area (Å²) in [6.45, 7) is 0. The van der Waals surface area contributed by atoms with Crippen LogP contribution in [0.1, 0.15) is 24.0 Å². The molecule has 0 bridgehead atoms. The summed E-state index contributed by atoms with van der Waals surface area (Å²) in [6.07, 6.45) is 1.57. The predicted octanol–water partition coefficient (Wildman–Crippen LogP) is 1.00. The van der Waals surface area contributed by atoms with Crippen LogP contribution in [0.4, 0.5) is 0 Å². The van der Waals surface area contributed by atoms with E-state index in [1.54, 1.807) is 6.07 Å². The van der Waals surface area contributed by atoms with Crippen LogP contribution in [-0.4, -0.2) is 21.3 Å². The lowest BCUT2D eigenvalue weighted by Gasteiger charge is -2.30. The number of phenolic OH excluding ortho intramolecular Hbond substituents is 1. The normalized spacial score (nSPS) is 24.6. The number of aryl methyl sites for hydroxylation is 1. The van der Waals surface area contributed by atoms with Crippen LogP contribution in [0.2, 0.25) is 0 Å². The second kappa shape index (κ2) is 3.24. The molecule has 15 heavy (non-hydrogen) atoms. The number of hydrogen-bond acceptors (Lipinski definition) is 3. The summed E-state index contributed by atoms with van der Waals surface area (Å²) in [5.41, 5.74) is -0.725. The highest BCUT2D eigenvalue weighted by Crippen LogP contribution is 2.37. The average Bonchev–Trinajstić information content (AvgIpc) is 2.19. The zero-order chi connectivity index (χ0) is 11.1. The topological polar surface area (TPSA) is 77.8 Å². The van der Waals surface area contributed by atoms with Crippen molar-refractivity contribution in [2.75, 3.05) is 0 Å². The number of phenols is 1. The van der Waals surface area contributed by atoms with Gasteiger partial charge < -0.3 is 15.3 Å². The van der Waals surface area contributed by atoms with Crippen LogP contribution in [0.15, 0.2) is 18.2 Å². The fourth-order valence-corrected chi connectivity index (χ4v) is 2.06. The third-order valence-corrected chi connectivity index (χ3v) is 2.88. The molecule has 0 spiro atoms. The molecule has 0 radical (unpaired) electrons. The highest BCUT2D eigenvalue weighted by atomic mass is 16.4. The first kappa shape index (κ1) is 9.98. The number of rotatable bonds is 1. The van der Waals surface area contributed by atoms with Gasteiger partial charge in [0.2, 0.25) is 0 Å². The van der Waals surface area contributed by atoms with E-state index in [0.717, 1.165) is 12.0 Å². The quantitative estimate of drug-likeness (QED) is 0.643. The molecule has 0 amide bonds. The SMILES string of the molecule is O=C(O)C1(O)CCCc2ccc(O)cc21. The fraction of sp³-hybridized carbons (Fsp3) is 0.364. The van der Waals surface area contributed by atoms with Gasteiger partial charge in [-0.3, -0.25) is 0 Å². The number of carboxylic acid groups (broad SMARTS) is 1. The molecule has 1 atom stereocenters. The zero-order valence-corrected chi connectivity index (χ0v) is 8.10. The first-order valence-electron chi connectivity index (χ1n) is 4.82. The Bertz CT molecular complexity index is 413. The Morgan fingerprint density at radius 1 is 1.40 bits per heavy atom. The maximum absolute atomic E-state index is 11.0. The van der Waals surface area contributed by atoms with E-state index in [0.29, 0.717) is 12.0 Å². The number of carboxylic acids is 1. The Balaban J connectivity index is 2.59. The zero-order valence-electron chi connectivity index (χ0n) is 8.10. The Morgan fingerprint density at radius 2 is 2.13 bits per heavy atom. The van der Waals surface area contributed by atoms with Crippen LogP contribution >= 0.6 is 0 Å². The highest BCUT2D eigenvalue weighted by molar-refractivity contribution is 5.80. The summed E-state index contributed by atoms with van der Waals surface area (Å²) in [5.74, 6) is -1.27. The summed E-state index contributed by atoms with van der Waals surface area (Å²) in [6, 6.07) is 4.51. The molecule has 0 heterocycles. The molecule has 4 heteroatoms. The van der Waals surface area contributed by atoms with Gasteiger partial charge in [0.1, 0.15) is 5.75 Å². The Labute approximate surface area is 86.8 Å². The van der Waals surface area contributed by atoms with Gasteiger partial charge >= 0.3 is 5.97 Å². The van der Waals surface area contributed by atoms with Crippen molar-refractivity contribution in [1.29, 1.82) is 0 Å². The van der Waals surface area contributed by atoms with Gasteiger partial charge in [0.15, 0.2) is 5.60 Å². The number of benzene rings is 1. The molecule has 2 rings (SSSR count). The Hall–Kier alpha value is -1.55.